The molecule has 0 radical (unpaired) electrons. The van der Waals surface area contributed by atoms with Crippen LogP contribution in [0.15, 0.2) is 84.4 Å². The quantitative estimate of drug-likeness (QED) is 0.260. The van der Waals surface area contributed by atoms with E-state index in [4.69, 9.17) is 4.98 Å². The third kappa shape index (κ3) is 3.53. The first-order valence-electron chi connectivity index (χ1n) is 13.8. The maximum absolute atomic E-state index is 13.5. The van der Waals surface area contributed by atoms with Gasteiger partial charge in [-0.05, 0) is 49.1 Å². The molecule has 2 amide bonds. The monoisotopic (exact) mass is 571 g/mol. The SMILES string of the molecule is Cc1cc2ncc3cc(-c4cccs4)c(-c4ccc(C5(N6C(=O)c7ccccc7C6=O)CC(C)(O)C5)cc4)nc3n2n1. The van der Waals surface area contributed by atoms with Gasteiger partial charge in [-0.2, -0.15) is 9.61 Å². The van der Waals surface area contributed by atoms with Crippen molar-refractivity contribution in [2.45, 2.75) is 37.8 Å². The van der Waals surface area contributed by atoms with Gasteiger partial charge >= 0.3 is 0 Å². The summed E-state index contributed by atoms with van der Waals surface area (Å²) in [6.07, 6.45) is 2.36. The van der Waals surface area contributed by atoms with Crippen molar-refractivity contribution in [3.05, 3.63) is 107 Å². The summed E-state index contributed by atoms with van der Waals surface area (Å²) in [5, 5.41) is 18.4. The summed E-state index contributed by atoms with van der Waals surface area (Å²) >= 11 is 1.64. The van der Waals surface area contributed by atoms with E-state index in [1.807, 2.05) is 54.9 Å². The molecule has 0 saturated heterocycles. The molecule has 0 unspecified atom stereocenters. The fraction of sp³-hybridized carbons (Fsp3) is 0.182. The van der Waals surface area contributed by atoms with E-state index in [-0.39, 0.29) is 24.7 Å². The number of aryl methyl sites for hydroxylation is 1. The number of carbonyl (C=O) groups excluding carboxylic acids is 2. The molecule has 5 heterocycles. The number of aliphatic hydroxyl groups is 1. The van der Waals surface area contributed by atoms with Crippen LogP contribution in [0.5, 0.6) is 0 Å². The number of amides is 2. The van der Waals surface area contributed by atoms with Gasteiger partial charge in [0, 0.05) is 46.5 Å². The van der Waals surface area contributed by atoms with Gasteiger partial charge in [0.1, 0.15) is 0 Å². The predicted octanol–water partition coefficient (Wildman–Crippen LogP) is 6.02. The molecule has 0 atom stereocenters. The van der Waals surface area contributed by atoms with Gasteiger partial charge in [-0.25, -0.2) is 9.97 Å². The Kier molecular flexibility index (Phi) is 5.15. The molecule has 8 nitrogen and oxygen atoms in total. The first kappa shape index (κ1) is 25.0. The Balaban J connectivity index is 1.26. The number of pyridine rings is 1. The summed E-state index contributed by atoms with van der Waals surface area (Å²) in [5.41, 5.74) is 4.67. The number of benzene rings is 2. The Labute approximate surface area is 244 Å². The average molecular weight is 572 g/mol. The van der Waals surface area contributed by atoms with Gasteiger partial charge in [-0.15, -0.1) is 11.3 Å². The molecular weight excluding hydrogens is 546 g/mol. The largest absolute Gasteiger partial charge is 0.390 e. The Morgan fingerprint density at radius 3 is 2.26 bits per heavy atom. The van der Waals surface area contributed by atoms with Gasteiger partial charge in [0.2, 0.25) is 0 Å². The zero-order valence-corrected chi connectivity index (χ0v) is 23.7. The highest BCUT2D eigenvalue weighted by molar-refractivity contribution is 7.13. The lowest BCUT2D eigenvalue weighted by molar-refractivity contribution is -0.118. The first-order valence-corrected chi connectivity index (χ1v) is 14.6. The molecule has 4 aromatic heterocycles. The van der Waals surface area contributed by atoms with Gasteiger partial charge in [0.15, 0.2) is 11.3 Å². The molecule has 1 aliphatic heterocycles. The minimum Gasteiger partial charge on any atom is -0.390 e. The van der Waals surface area contributed by atoms with E-state index in [9.17, 15) is 14.7 Å². The number of hydrogen-bond donors (Lipinski definition) is 1. The normalized spacial score (nSPS) is 21.7. The van der Waals surface area contributed by atoms with Crippen molar-refractivity contribution >= 4 is 39.8 Å². The van der Waals surface area contributed by atoms with Crippen molar-refractivity contribution in [3.8, 4) is 21.7 Å². The summed E-state index contributed by atoms with van der Waals surface area (Å²) in [5.74, 6) is -0.642. The molecule has 1 N–H and O–H groups in total. The fourth-order valence-corrected chi connectivity index (χ4v) is 7.45. The van der Waals surface area contributed by atoms with Crippen molar-refractivity contribution in [2.75, 3.05) is 0 Å². The van der Waals surface area contributed by atoms with Crippen LogP contribution < -0.4 is 0 Å². The Morgan fingerprint density at radius 1 is 0.905 bits per heavy atom. The third-order valence-corrected chi connectivity index (χ3v) is 9.33. The molecule has 1 fully saturated rings. The van der Waals surface area contributed by atoms with Crippen LogP contribution in [0.1, 0.15) is 51.7 Å². The molecule has 42 heavy (non-hydrogen) atoms. The van der Waals surface area contributed by atoms with E-state index < -0.39 is 11.1 Å². The predicted molar refractivity (Wildman–Crippen MR) is 160 cm³/mol. The highest BCUT2D eigenvalue weighted by atomic mass is 32.1. The van der Waals surface area contributed by atoms with Crippen molar-refractivity contribution < 1.29 is 14.7 Å². The van der Waals surface area contributed by atoms with Gasteiger partial charge < -0.3 is 5.11 Å². The Morgan fingerprint density at radius 2 is 1.62 bits per heavy atom. The number of hydrogen-bond acceptors (Lipinski definition) is 7. The van der Waals surface area contributed by atoms with E-state index in [1.54, 1.807) is 47.0 Å². The number of thiophene rings is 1. The molecule has 2 aromatic carbocycles. The summed E-state index contributed by atoms with van der Waals surface area (Å²) in [6.45, 7) is 3.68. The van der Waals surface area contributed by atoms with E-state index in [0.717, 1.165) is 44.0 Å². The molecular formula is C33H25N5O3S. The molecule has 6 aromatic rings. The van der Waals surface area contributed by atoms with E-state index in [0.29, 0.717) is 16.8 Å². The van der Waals surface area contributed by atoms with Gasteiger partial charge in [0.05, 0.1) is 33.7 Å². The molecule has 0 bridgehead atoms. The molecule has 1 saturated carbocycles. The van der Waals surface area contributed by atoms with Crippen LogP contribution in [0, 0.1) is 6.92 Å². The van der Waals surface area contributed by atoms with Gasteiger partial charge in [-0.3, -0.25) is 14.5 Å². The van der Waals surface area contributed by atoms with Crippen LogP contribution in [0.4, 0.5) is 0 Å². The molecule has 9 heteroatoms. The zero-order chi connectivity index (χ0) is 28.8. The van der Waals surface area contributed by atoms with Crippen molar-refractivity contribution in [2.24, 2.45) is 0 Å². The minimum atomic E-state index is -0.985. The number of rotatable bonds is 4. The second kappa shape index (κ2) is 8.64. The standard InChI is InChI=1S/C33H25N5O3S/c1-19-14-27-34-16-21-15-25(26-8-5-13-42-26)28(35-29(21)38(27)36-19)20-9-11-22(12-10-20)33(17-32(2,41)18-33)37-30(39)23-6-3-4-7-24(23)31(37)40/h3-16,41H,17-18H2,1-2H3. The Hall–Kier alpha value is -4.73. The van der Waals surface area contributed by atoms with Crippen LogP contribution in [0.2, 0.25) is 0 Å². The number of imide groups is 1. The van der Waals surface area contributed by atoms with Crippen LogP contribution in [-0.4, -0.2) is 47.0 Å². The second-order valence-corrected chi connectivity index (χ2v) is 12.5. The maximum atomic E-state index is 13.5. The van der Waals surface area contributed by atoms with Crippen LogP contribution in [-0.2, 0) is 5.54 Å². The summed E-state index contributed by atoms with van der Waals surface area (Å²) in [7, 11) is 0. The highest BCUT2D eigenvalue weighted by Gasteiger charge is 2.60. The van der Waals surface area contributed by atoms with Crippen molar-refractivity contribution in [1.82, 2.24) is 24.5 Å². The lowest BCUT2D eigenvalue weighted by Crippen LogP contribution is -2.63. The Bertz CT molecular complexity index is 2040. The summed E-state index contributed by atoms with van der Waals surface area (Å²) < 4.78 is 1.77. The average Bonchev–Trinajstić information content (AvgIpc) is 3.70. The number of carbonyl (C=O) groups is 2. The molecule has 1 aliphatic carbocycles. The van der Waals surface area contributed by atoms with Gasteiger partial charge in [-0.1, -0.05) is 42.5 Å². The minimum absolute atomic E-state index is 0.267. The smallest absolute Gasteiger partial charge is 0.262 e. The van der Waals surface area contributed by atoms with E-state index in [2.05, 4.69) is 22.2 Å². The summed E-state index contributed by atoms with van der Waals surface area (Å²) in [4.78, 5) is 39.2. The summed E-state index contributed by atoms with van der Waals surface area (Å²) in [6, 6.07) is 22.9. The number of nitrogens with zero attached hydrogens (tertiary/aromatic N) is 5. The first-order chi connectivity index (χ1) is 20.2. The topological polar surface area (TPSA) is 101 Å². The second-order valence-electron chi connectivity index (χ2n) is 11.5. The van der Waals surface area contributed by atoms with Crippen LogP contribution >= 0.6 is 11.3 Å². The molecule has 8 rings (SSSR count). The van der Waals surface area contributed by atoms with Gasteiger partial charge in [0.25, 0.3) is 11.8 Å². The van der Waals surface area contributed by atoms with E-state index in [1.165, 1.54) is 4.90 Å². The van der Waals surface area contributed by atoms with Crippen molar-refractivity contribution in [1.29, 1.82) is 0 Å². The molecule has 0 spiro atoms. The maximum Gasteiger partial charge on any atom is 0.262 e. The lowest BCUT2D eigenvalue weighted by atomic mass is 9.61. The molecule has 2 aliphatic rings. The van der Waals surface area contributed by atoms with E-state index >= 15 is 0 Å². The van der Waals surface area contributed by atoms with Crippen LogP contribution in [0.3, 0.4) is 0 Å². The van der Waals surface area contributed by atoms with Crippen LogP contribution in [0.25, 0.3) is 38.4 Å². The van der Waals surface area contributed by atoms with Crippen molar-refractivity contribution in [3.63, 3.8) is 0 Å². The zero-order valence-electron chi connectivity index (χ0n) is 22.9. The number of fused-ring (bicyclic) bond motifs is 4. The third-order valence-electron chi connectivity index (χ3n) is 8.43. The lowest BCUT2D eigenvalue weighted by Gasteiger charge is -2.55. The highest BCUT2D eigenvalue weighted by Crippen LogP contribution is 2.54. The fourth-order valence-electron chi connectivity index (χ4n) is 6.71. The number of aromatic nitrogens is 4. The molecule has 206 valence electrons.